The van der Waals surface area contributed by atoms with E-state index in [0.29, 0.717) is 31.2 Å². The number of sulfonamides is 1. The number of nitrogens with one attached hydrogen (secondary N) is 1. The molecule has 0 heterocycles. The smallest absolute Gasteiger partial charge is 0.306 e. The van der Waals surface area contributed by atoms with Gasteiger partial charge in [0.25, 0.3) is 0 Å². The number of aliphatic carboxylic acids is 1. The second kappa shape index (κ2) is 6.46. The van der Waals surface area contributed by atoms with Crippen molar-refractivity contribution < 1.29 is 18.3 Å². The lowest BCUT2D eigenvalue weighted by Crippen LogP contribution is -2.39. The summed E-state index contributed by atoms with van der Waals surface area (Å²) in [5.41, 5.74) is 0.759. The number of carboxylic acid groups (broad SMARTS) is 1. The van der Waals surface area contributed by atoms with Crippen LogP contribution in [0.4, 0.5) is 0 Å². The van der Waals surface area contributed by atoms with Crippen molar-refractivity contribution in [3.8, 4) is 6.07 Å². The van der Waals surface area contributed by atoms with E-state index in [1.807, 2.05) is 6.07 Å². The number of aryl methyl sites for hydroxylation is 1. The van der Waals surface area contributed by atoms with Gasteiger partial charge < -0.3 is 5.11 Å². The van der Waals surface area contributed by atoms with Gasteiger partial charge in [-0.15, -0.1) is 0 Å². The molecule has 1 aliphatic rings. The van der Waals surface area contributed by atoms with Crippen LogP contribution in [0.25, 0.3) is 0 Å². The molecule has 1 aromatic rings. The number of carboxylic acids is 1. The molecule has 0 radical (unpaired) electrons. The monoisotopic (exact) mass is 322 g/mol. The molecule has 6 nitrogen and oxygen atoms in total. The molecule has 0 amide bonds. The highest BCUT2D eigenvalue weighted by atomic mass is 32.2. The van der Waals surface area contributed by atoms with E-state index in [1.165, 1.54) is 6.07 Å². The van der Waals surface area contributed by atoms with E-state index in [2.05, 4.69) is 4.72 Å². The van der Waals surface area contributed by atoms with Gasteiger partial charge in [0.05, 0.1) is 11.5 Å². The van der Waals surface area contributed by atoms with Crippen LogP contribution in [0.2, 0.25) is 0 Å². The lowest BCUT2D eigenvalue weighted by Gasteiger charge is -2.26. The Labute approximate surface area is 129 Å². The SMILES string of the molecule is Cc1cccc(S(=O)(=O)NC2CCC(C(=O)O)CC2)c1C#N. The highest BCUT2D eigenvalue weighted by Gasteiger charge is 2.29. The number of hydrogen-bond acceptors (Lipinski definition) is 4. The Hall–Kier alpha value is -1.91. The van der Waals surface area contributed by atoms with Crippen molar-refractivity contribution in [2.24, 2.45) is 5.92 Å². The summed E-state index contributed by atoms with van der Waals surface area (Å²) in [7, 11) is -3.78. The number of rotatable bonds is 4. The number of hydrogen-bond donors (Lipinski definition) is 2. The van der Waals surface area contributed by atoms with Crippen molar-refractivity contribution in [2.45, 2.75) is 43.5 Å². The van der Waals surface area contributed by atoms with Gasteiger partial charge in [0.15, 0.2) is 0 Å². The fraction of sp³-hybridized carbons (Fsp3) is 0.467. The van der Waals surface area contributed by atoms with E-state index >= 15 is 0 Å². The number of carbonyl (C=O) groups is 1. The maximum absolute atomic E-state index is 12.5. The fourth-order valence-electron chi connectivity index (χ4n) is 2.75. The quantitative estimate of drug-likeness (QED) is 0.878. The highest BCUT2D eigenvalue weighted by Crippen LogP contribution is 2.26. The second-order valence-corrected chi connectivity index (χ2v) is 7.25. The van der Waals surface area contributed by atoms with Crippen LogP contribution in [0.1, 0.15) is 36.8 Å². The van der Waals surface area contributed by atoms with E-state index in [4.69, 9.17) is 10.4 Å². The Morgan fingerprint density at radius 2 is 1.95 bits per heavy atom. The maximum Gasteiger partial charge on any atom is 0.306 e. The molecule has 1 fully saturated rings. The zero-order valence-corrected chi connectivity index (χ0v) is 13.1. The second-order valence-electron chi connectivity index (χ2n) is 5.57. The molecule has 0 unspecified atom stereocenters. The molecule has 0 bridgehead atoms. The summed E-state index contributed by atoms with van der Waals surface area (Å²) in [5.74, 6) is -1.22. The number of benzene rings is 1. The van der Waals surface area contributed by atoms with Crippen molar-refractivity contribution in [2.75, 3.05) is 0 Å². The van der Waals surface area contributed by atoms with Gasteiger partial charge in [0.1, 0.15) is 11.0 Å². The zero-order chi connectivity index (χ0) is 16.3. The molecular formula is C15H18N2O4S. The summed E-state index contributed by atoms with van der Waals surface area (Å²) in [6, 6.07) is 6.35. The van der Waals surface area contributed by atoms with Crippen LogP contribution in [0.5, 0.6) is 0 Å². The fourth-order valence-corrected chi connectivity index (χ4v) is 4.28. The minimum absolute atomic E-state index is 0.0182. The van der Waals surface area contributed by atoms with E-state index in [-0.39, 0.29) is 16.5 Å². The first-order valence-electron chi connectivity index (χ1n) is 7.10. The molecular weight excluding hydrogens is 304 g/mol. The van der Waals surface area contributed by atoms with Crippen LogP contribution in [-0.4, -0.2) is 25.5 Å². The molecule has 1 aliphatic carbocycles. The zero-order valence-electron chi connectivity index (χ0n) is 12.2. The normalized spacial score (nSPS) is 22.0. The van der Waals surface area contributed by atoms with Gasteiger partial charge in [-0.3, -0.25) is 4.79 Å². The molecule has 2 N–H and O–H groups in total. The van der Waals surface area contributed by atoms with E-state index in [0.717, 1.165) is 0 Å². The summed E-state index contributed by atoms with van der Waals surface area (Å²) in [6.45, 7) is 1.69. The highest BCUT2D eigenvalue weighted by molar-refractivity contribution is 7.89. The third-order valence-electron chi connectivity index (χ3n) is 4.03. The van der Waals surface area contributed by atoms with E-state index in [9.17, 15) is 13.2 Å². The summed E-state index contributed by atoms with van der Waals surface area (Å²) < 4.78 is 27.5. The minimum Gasteiger partial charge on any atom is -0.481 e. The standard InChI is InChI=1S/C15H18N2O4S/c1-10-3-2-4-14(13(10)9-16)22(20,21)17-12-7-5-11(6-8-12)15(18)19/h2-4,11-12,17H,5-8H2,1H3,(H,18,19). The number of nitrogens with zero attached hydrogens (tertiary/aromatic N) is 1. The first kappa shape index (κ1) is 16.5. The Morgan fingerprint density at radius 3 is 2.50 bits per heavy atom. The summed E-state index contributed by atoms with van der Waals surface area (Å²) in [4.78, 5) is 10.9. The van der Waals surface area contributed by atoms with Gasteiger partial charge in [0.2, 0.25) is 10.0 Å². The van der Waals surface area contributed by atoms with E-state index < -0.39 is 21.9 Å². The third-order valence-corrected chi connectivity index (χ3v) is 5.60. The molecule has 1 saturated carbocycles. The Morgan fingerprint density at radius 1 is 1.32 bits per heavy atom. The summed E-state index contributed by atoms with van der Waals surface area (Å²) in [6.07, 6.45) is 1.90. The molecule has 0 spiro atoms. The first-order chi connectivity index (χ1) is 10.3. The molecule has 0 aliphatic heterocycles. The average molecular weight is 322 g/mol. The lowest BCUT2D eigenvalue weighted by atomic mass is 9.87. The first-order valence-corrected chi connectivity index (χ1v) is 8.58. The lowest BCUT2D eigenvalue weighted by molar-refractivity contribution is -0.142. The third kappa shape index (κ3) is 3.46. The van der Waals surface area contributed by atoms with E-state index in [1.54, 1.807) is 19.1 Å². The van der Waals surface area contributed by atoms with Crippen LogP contribution < -0.4 is 4.72 Å². The predicted molar refractivity (Wildman–Crippen MR) is 79.6 cm³/mol. The number of nitriles is 1. The molecule has 118 valence electrons. The van der Waals surface area contributed by atoms with Gasteiger partial charge >= 0.3 is 5.97 Å². The largest absolute Gasteiger partial charge is 0.481 e. The summed E-state index contributed by atoms with van der Waals surface area (Å²) in [5, 5.41) is 18.1. The van der Waals surface area contributed by atoms with Crippen LogP contribution in [0.15, 0.2) is 23.1 Å². The molecule has 0 aromatic heterocycles. The van der Waals surface area contributed by atoms with Crippen LogP contribution in [0, 0.1) is 24.2 Å². The summed E-state index contributed by atoms with van der Waals surface area (Å²) >= 11 is 0. The van der Waals surface area contributed by atoms with Gasteiger partial charge in [0, 0.05) is 6.04 Å². The van der Waals surface area contributed by atoms with Crippen molar-refractivity contribution >= 4 is 16.0 Å². The van der Waals surface area contributed by atoms with Crippen LogP contribution >= 0.6 is 0 Å². The molecule has 0 atom stereocenters. The molecule has 0 saturated heterocycles. The molecule has 22 heavy (non-hydrogen) atoms. The predicted octanol–water partition coefficient (Wildman–Crippen LogP) is 1.79. The Balaban J connectivity index is 2.15. The van der Waals surface area contributed by atoms with Gasteiger partial charge in [-0.2, -0.15) is 5.26 Å². The molecule has 2 rings (SSSR count). The van der Waals surface area contributed by atoms with Crippen molar-refractivity contribution in [3.05, 3.63) is 29.3 Å². The Bertz CT molecular complexity index is 714. The average Bonchev–Trinajstić information content (AvgIpc) is 2.47. The topological polar surface area (TPSA) is 107 Å². The van der Waals surface area contributed by atoms with Gasteiger partial charge in [-0.25, -0.2) is 13.1 Å². The van der Waals surface area contributed by atoms with Gasteiger partial charge in [-0.1, -0.05) is 12.1 Å². The van der Waals surface area contributed by atoms with Crippen molar-refractivity contribution in [1.29, 1.82) is 5.26 Å². The van der Waals surface area contributed by atoms with Gasteiger partial charge in [-0.05, 0) is 44.2 Å². The molecule has 7 heteroatoms. The molecule has 1 aromatic carbocycles. The van der Waals surface area contributed by atoms with Crippen LogP contribution in [-0.2, 0) is 14.8 Å². The van der Waals surface area contributed by atoms with Crippen LogP contribution in [0.3, 0.4) is 0 Å². The minimum atomic E-state index is -3.78. The van der Waals surface area contributed by atoms with Crippen molar-refractivity contribution in [1.82, 2.24) is 4.72 Å². The Kier molecular flexibility index (Phi) is 4.84. The maximum atomic E-state index is 12.5. The van der Waals surface area contributed by atoms with Crippen molar-refractivity contribution in [3.63, 3.8) is 0 Å².